The van der Waals surface area contributed by atoms with E-state index in [1.807, 2.05) is 40.0 Å². The molecule has 0 bridgehead atoms. The molecule has 0 heterocycles. The zero-order chi connectivity index (χ0) is 15.2. The maximum Gasteiger partial charge on any atom is 0.275 e. The van der Waals surface area contributed by atoms with Crippen LogP contribution in [-0.4, -0.2) is 38.2 Å². The molecule has 1 rings (SSSR count). The first-order valence-electron chi connectivity index (χ1n) is 6.77. The maximum atomic E-state index is 11.8. The summed E-state index contributed by atoms with van der Waals surface area (Å²) in [5.74, 6) is 0.850. The molecule has 0 aliphatic heterocycles. The van der Waals surface area contributed by atoms with Crippen molar-refractivity contribution in [1.29, 1.82) is 0 Å². The van der Waals surface area contributed by atoms with Crippen LogP contribution in [0, 0.1) is 0 Å². The maximum absolute atomic E-state index is 11.8. The van der Waals surface area contributed by atoms with Crippen LogP contribution in [0.4, 0.5) is 0 Å². The van der Waals surface area contributed by atoms with Gasteiger partial charge in [-0.3, -0.25) is 4.79 Å². The normalized spacial score (nSPS) is 12.8. The molecule has 2 N–H and O–H groups in total. The van der Waals surface area contributed by atoms with Crippen molar-refractivity contribution in [3.8, 4) is 5.75 Å². The standard InChI is InChI=1S/C15H23ClN2O2/c1-15(2,3)17-14(19)11-18(4)9-10-20-13-7-5-12(16)6-8-13/h5-8H,9-11H2,1-4H3,(H,17,19)/p+1. The molecule has 4 nitrogen and oxygen atoms in total. The van der Waals surface area contributed by atoms with Gasteiger partial charge in [-0.25, -0.2) is 0 Å². The first-order chi connectivity index (χ1) is 9.26. The number of hydrogen-bond acceptors (Lipinski definition) is 2. The predicted octanol–water partition coefficient (Wildman–Crippen LogP) is 1.15. The predicted molar refractivity (Wildman–Crippen MR) is 81.5 cm³/mol. The fourth-order valence-corrected chi connectivity index (χ4v) is 1.82. The summed E-state index contributed by atoms with van der Waals surface area (Å²) in [6.45, 7) is 7.70. The Hall–Kier alpha value is -1.26. The molecule has 0 saturated carbocycles. The second kappa shape index (κ2) is 7.50. The Morgan fingerprint density at radius 3 is 2.45 bits per heavy atom. The summed E-state index contributed by atoms with van der Waals surface area (Å²) < 4.78 is 5.60. The quantitative estimate of drug-likeness (QED) is 0.827. The van der Waals surface area contributed by atoms with E-state index >= 15 is 0 Å². The SMILES string of the molecule is C[NH+](CCOc1ccc(Cl)cc1)CC(=O)NC(C)(C)C. The van der Waals surface area contributed by atoms with Crippen LogP contribution in [0.5, 0.6) is 5.75 Å². The van der Waals surface area contributed by atoms with E-state index in [4.69, 9.17) is 16.3 Å². The third kappa shape index (κ3) is 7.36. The van der Waals surface area contributed by atoms with E-state index in [-0.39, 0.29) is 11.4 Å². The molecule has 1 aromatic carbocycles. The Bertz CT molecular complexity index is 426. The van der Waals surface area contributed by atoms with Crippen LogP contribution >= 0.6 is 11.6 Å². The summed E-state index contributed by atoms with van der Waals surface area (Å²) in [5, 5.41) is 3.64. The molecular weight excluding hydrogens is 276 g/mol. The third-order valence-electron chi connectivity index (χ3n) is 2.59. The molecule has 0 aliphatic carbocycles. The van der Waals surface area contributed by atoms with Gasteiger partial charge in [0, 0.05) is 10.6 Å². The lowest BCUT2D eigenvalue weighted by Crippen LogP contribution is -3.11. The van der Waals surface area contributed by atoms with Crippen LogP contribution in [0.1, 0.15) is 20.8 Å². The van der Waals surface area contributed by atoms with Crippen LogP contribution < -0.4 is 15.0 Å². The van der Waals surface area contributed by atoms with Crippen molar-refractivity contribution in [3.63, 3.8) is 0 Å². The number of ether oxygens (including phenoxy) is 1. The molecule has 1 amide bonds. The van der Waals surface area contributed by atoms with Crippen molar-refractivity contribution in [2.24, 2.45) is 0 Å². The summed E-state index contributed by atoms with van der Waals surface area (Å²) in [6, 6.07) is 7.27. The zero-order valence-electron chi connectivity index (χ0n) is 12.6. The Labute approximate surface area is 126 Å². The molecule has 0 aliphatic rings. The molecule has 5 heteroatoms. The van der Waals surface area contributed by atoms with Gasteiger partial charge < -0.3 is 15.0 Å². The minimum Gasteiger partial charge on any atom is -0.488 e. The first-order valence-corrected chi connectivity index (χ1v) is 7.15. The lowest BCUT2D eigenvalue weighted by atomic mass is 10.1. The number of nitrogens with one attached hydrogen (secondary N) is 2. The number of benzene rings is 1. The highest BCUT2D eigenvalue weighted by Gasteiger charge is 2.16. The van der Waals surface area contributed by atoms with Gasteiger partial charge in [0.2, 0.25) is 0 Å². The summed E-state index contributed by atoms with van der Waals surface area (Å²) in [4.78, 5) is 12.9. The van der Waals surface area contributed by atoms with Gasteiger partial charge in [-0.2, -0.15) is 0 Å². The fraction of sp³-hybridized carbons (Fsp3) is 0.533. The molecule has 1 unspecified atom stereocenters. The highest BCUT2D eigenvalue weighted by molar-refractivity contribution is 6.30. The van der Waals surface area contributed by atoms with Gasteiger partial charge in [-0.15, -0.1) is 0 Å². The summed E-state index contributed by atoms with van der Waals surface area (Å²) in [5.41, 5.74) is -0.183. The van der Waals surface area contributed by atoms with Crippen molar-refractivity contribution in [2.45, 2.75) is 26.3 Å². The van der Waals surface area contributed by atoms with Crippen molar-refractivity contribution < 1.29 is 14.4 Å². The molecule has 112 valence electrons. The van der Waals surface area contributed by atoms with Crippen LogP contribution in [0.15, 0.2) is 24.3 Å². The van der Waals surface area contributed by atoms with E-state index in [0.717, 1.165) is 17.2 Å². The van der Waals surface area contributed by atoms with E-state index < -0.39 is 0 Å². The highest BCUT2D eigenvalue weighted by Crippen LogP contribution is 2.14. The fourth-order valence-electron chi connectivity index (χ4n) is 1.70. The largest absolute Gasteiger partial charge is 0.488 e. The molecule has 0 spiro atoms. The van der Waals surface area contributed by atoms with E-state index in [2.05, 4.69) is 5.32 Å². The van der Waals surface area contributed by atoms with Crippen molar-refractivity contribution in [1.82, 2.24) is 5.32 Å². The van der Waals surface area contributed by atoms with Gasteiger partial charge in [0.15, 0.2) is 6.54 Å². The topological polar surface area (TPSA) is 42.8 Å². The van der Waals surface area contributed by atoms with Gasteiger partial charge in [0.25, 0.3) is 5.91 Å². The molecule has 20 heavy (non-hydrogen) atoms. The van der Waals surface area contributed by atoms with Crippen LogP contribution in [0.3, 0.4) is 0 Å². The van der Waals surface area contributed by atoms with Gasteiger partial charge in [0.05, 0.1) is 7.05 Å². The number of carbonyl (C=O) groups is 1. The molecule has 0 aromatic heterocycles. The third-order valence-corrected chi connectivity index (χ3v) is 2.84. The van der Waals surface area contributed by atoms with Crippen molar-refractivity contribution in [2.75, 3.05) is 26.7 Å². The molecular formula is C15H24ClN2O2+. The molecule has 0 radical (unpaired) electrons. The first kappa shape index (κ1) is 16.8. The molecule has 0 saturated heterocycles. The van der Waals surface area contributed by atoms with Gasteiger partial charge in [-0.1, -0.05) is 11.6 Å². The minimum atomic E-state index is -0.183. The highest BCUT2D eigenvalue weighted by atomic mass is 35.5. The number of amides is 1. The van der Waals surface area contributed by atoms with Crippen molar-refractivity contribution >= 4 is 17.5 Å². The zero-order valence-corrected chi connectivity index (χ0v) is 13.4. The summed E-state index contributed by atoms with van der Waals surface area (Å²) >= 11 is 5.80. The second-order valence-electron chi connectivity index (χ2n) is 5.98. The van der Waals surface area contributed by atoms with E-state index in [1.54, 1.807) is 12.1 Å². The Morgan fingerprint density at radius 2 is 1.90 bits per heavy atom. The van der Waals surface area contributed by atoms with Crippen LogP contribution in [0.25, 0.3) is 0 Å². The number of rotatable bonds is 6. The average Bonchev–Trinajstić information content (AvgIpc) is 2.29. The number of hydrogen-bond donors (Lipinski definition) is 2. The van der Waals surface area contributed by atoms with Crippen LogP contribution in [0.2, 0.25) is 5.02 Å². The lowest BCUT2D eigenvalue weighted by molar-refractivity contribution is -0.871. The smallest absolute Gasteiger partial charge is 0.275 e. The summed E-state index contributed by atoms with van der Waals surface area (Å²) in [7, 11) is 1.98. The van der Waals surface area contributed by atoms with Crippen LogP contribution in [-0.2, 0) is 4.79 Å². The van der Waals surface area contributed by atoms with Gasteiger partial charge in [0.1, 0.15) is 18.9 Å². The number of likely N-dealkylation sites (N-methyl/N-ethyl adjacent to an activating group) is 1. The molecule has 1 aromatic rings. The van der Waals surface area contributed by atoms with Crippen molar-refractivity contribution in [3.05, 3.63) is 29.3 Å². The monoisotopic (exact) mass is 299 g/mol. The van der Waals surface area contributed by atoms with E-state index in [9.17, 15) is 4.79 Å². The van der Waals surface area contributed by atoms with E-state index in [1.165, 1.54) is 0 Å². The average molecular weight is 300 g/mol. The Balaban J connectivity index is 2.24. The van der Waals surface area contributed by atoms with Gasteiger partial charge in [-0.05, 0) is 45.0 Å². The minimum absolute atomic E-state index is 0.0569. The molecule has 0 fully saturated rings. The number of halogens is 1. The lowest BCUT2D eigenvalue weighted by Gasteiger charge is -2.22. The summed E-state index contributed by atoms with van der Waals surface area (Å²) in [6.07, 6.45) is 0. The number of carbonyl (C=O) groups excluding carboxylic acids is 1. The Kier molecular flexibility index (Phi) is 6.30. The van der Waals surface area contributed by atoms with Gasteiger partial charge >= 0.3 is 0 Å². The Morgan fingerprint density at radius 1 is 1.30 bits per heavy atom. The molecule has 1 atom stereocenters. The van der Waals surface area contributed by atoms with E-state index in [0.29, 0.717) is 18.2 Å². The number of quaternary nitrogens is 1. The second-order valence-corrected chi connectivity index (χ2v) is 6.42.